The molecule has 1 aliphatic rings. The Labute approximate surface area is 143 Å². The second-order valence-electron chi connectivity index (χ2n) is 6.53. The fourth-order valence-corrected chi connectivity index (χ4v) is 4.12. The average molecular weight is 348 g/mol. The summed E-state index contributed by atoms with van der Waals surface area (Å²) in [7, 11) is 1.55. The van der Waals surface area contributed by atoms with E-state index in [0.717, 1.165) is 17.1 Å². The Hall–Kier alpha value is -1.63. The minimum atomic E-state index is -3.52. The molecule has 0 radical (unpaired) electrons. The van der Waals surface area contributed by atoms with Crippen LogP contribution in [0.1, 0.15) is 35.8 Å². The third-order valence-electron chi connectivity index (χ3n) is 4.65. The van der Waals surface area contributed by atoms with Crippen LogP contribution in [0.4, 0.5) is 0 Å². The second-order valence-corrected chi connectivity index (χ2v) is 8.61. The van der Waals surface area contributed by atoms with Crippen molar-refractivity contribution in [2.24, 2.45) is 0 Å². The molecule has 2 aromatic rings. The highest BCUT2D eigenvalue weighted by Gasteiger charge is 2.25. The molecule has 0 amide bonds. The maximum absolute atomic E-state index is 12.1. The molecule has 1 heterocycles. The second kappa shape index (κ2) is 6.70. The van der Waals surface area contributed by atoms with E-state index in [-0.39, 0.29) is 5.09 Å². The van der Waals surface area contributed by atoms with E-state index in [2.05, 4.69) is 36.2 Å². The summed E-state index contributed by atoms with van der Waals surface area (Å²) in [5.41, 5.74) is 2.79. The normalized spacial score (nSPS) is 18.1. The van der Waals surface area contributed by atoms with Gasteiger partial charge < -0.3 is 4.42 Å². The van der Waals surface area contributed by atoms with Crippen LogP contribution in [-0.4, -0.2) is 38.8 Å². The number of benzene rings is 1. The molecule has 0 bridgehead atoms. The van der Waals surface area contributed by atoms with Crippen LogP contribution >= 0.6 is 0 Å². The van der Waals surface area contributed by atoms with Crippen LogP contribution in [0.5, 0.6) is 0 Å². The van der Waals surface area contributed by atoms with Crippen LogP contribution in [0.3, 0.4) is 0 Å². The lowest BCUT2D eigenvalue weighted by Gasteiger charge is -2.32. The van der Waals surface area contributed by atoms with Crippen LogP contribution in [0.2, 0.25) is 0 Å². The molecule has 6 heteroatoms. The van der Waals surface area contributed by atoms with Crippen molar-refractivity contribution in [2.45, 2.75) is 36.9 Å². The van der Waals surface area contributed by atoms with E-state index in [4.69, 9.17) is 4.42 Å². The van der Waals surface area contributed by atoms with Gasteiger partial charge in [0.2, 0.25) is 5.09 Å². The van der Waals surface area contributed by atoms with Gasteiger partial charge in [0.1, 0.15) is 5.76 Å². The Balaban J connectivity index is 1.77. The van der Waals surface area contributed by atoms with Gasteiger partial charge in [0, 0.05) is 20.1 Å². The summed E-state index contributed by atoms with van der Waals surface area (Å²) in [6.45, 7) is 0.585. The number of fused-ring (bicyclic) bond motifs is 1. The number of hydrogen-bond donors (Lipinski definition) is 0. The molecule has 24 heavy (non-hydrogen) atoms. The van der Waals surface area contributed by atoms with Gasteiger partial charge >= 0.3 is 0 Å². The minimum absolute atomic E-state index is 0.0000516. The number of nitrogens with zero attached hydrogens (tertiary/aromatic N) is 2. The monoisotopic (exact) mass is 348 g/mol. The lowest BCUT2D eigenvalue weighted by molar-refractivity contribution is 0.193. The molecule has 1 aromatic heterocycles. The highest BCUT2D eigenvalue weighted by atomic mass is 32.2. The van der Waals surface area contributed by atoms with E-state index in [1.807, 2.05) is 0 Å². The molecule has 0 saturated heterocycles. The van der Waals surface area contributed by atoms with E-state index in [9.17, 15) is 8.42 Å². The van der Waals surface area contributed by atoms with E-state index in [0.29, 0.717) is 18.3 Å². The predicted molar refractivity (Wildman–Crippen MR) is 93.2 cm³/mol. The van der Waals surface area contributed by atoms with Gasteiger partial charge in [-0.05, 0) is 49.6 Å². The highest BCUT2D eigenvalue weighted by Crippen LogP contribution is 2.34. The quantitative estimate of drug-likeness (QED) is 0.833. The van der Waals surface area contributed by atoms with E-state index in [1.165, 1.54) is 37.7 Å². The Morgan fingerprint density at radius 2 is 1.88 bits per heavy atom. The first-order chi connectivity index (χ1) is 11.4. The van der Waals surface area contributed by atoms with Gasteiger partial charge in [-0.3, -0.25) is 4.90 Å². The summed E-state index contributed by atoms with van der Waals surface area (Å²) >= 11 is 0. The number of furan rings is 1. The summed E-state index contributed by atoms with van der Waals surface area (Å²) in [5, 5.41) is -0.0000516. The third-order valence-corrected chi connectivity index (χ3v) is 6.34. The van der Waals surface area contributed by atoms with Crippen molar-refractivity contribution in [3.05, 3.63) is 53.3 Å². The molecule has 0 fully saturated rings. The minimum Gasteiger partial charge on any atom is -0.447 e. The van der Waals surface area contributed by atoms with Crippen LogP contribution in [0.15, 0.2) is 45.9 Å². The molecule has 5 nitrogen and oxygen atoms in total. The lowest BCUT2D eigenvalue weighted by Crippen LogP contribution is -2.27. The molecule has 1 atom stereocenters. The zero-order valence-electron chi connectivity index (χ0n) is 14.4. The van der Waals surface area contributed by atoms with Gasteiger partial charge in [-0.1, -0.05) is 24.3 Å². The summed E-state index contributed by atoms with van der Waals surface area (Å²) in [5.74, 6) is 0.668. The van der Waals surface area contributed by atoms with Crippen molar-refractivity contribution < 1.29 is 12.8 Å². The molecular weight excluding hydrogens is 324 g/mol. The maximum atomic E-state index is 12.1. The Kier molecular flexibility index (Phi) is 4.80. The first-order valence-electron chi connectivity index (χ1n) is 8.19. The first kappa shape index (κ1) is 17.2. The van der Waals surface area contributed by atoms with Crippen LogP contribution < -0.4 is 0 Å². The molecule has 0 saturated carbocycles. The summed E-state index contributed by atoms with van der Waals surface area (Å²) in [6, 6.07) is 12.2. The molecule has 0 aliphatic heterocycles. The van der Waals surface area contributed by atoms with E-state index < -0.39 is 10.0 Å². The summed E-state index contributed by atoms with van der Waals surface area (Å²) < 4.78 is 31.0. The van der Waals surface area contributed by atoms with Crippen molar-refractivity contribution in [1.29, 1.82) is 0 Å². The third kappa shape index (κ3) is 3.27. The summed E-state index contributed by atoms with van der Waals surface area (Å²) in [4.78, 5) is 2.24. The average Bonchev–Trinajstić information content (AvgIpc) is 3.03. The standard InChI is InChI=1S/C18H24N2O3S/c1-19(2)24(21,22)18-12-11-15(23-18)13-20(3)17-10-6-8-14-7-4-5-9-16(14)17/h4-5,7,9,11-12,17H,6,8,10,13H2,1-3H3/t17-/m0/s1. The molecule has 0 spiro atoms. The van der Waals surface area contributed by atoms with E-state index >= 15 is 0 Å². The van der Waals surface area contributed by atoms with Crippen molar-refractivity contribution in [3.8, 4) is 0 Å². The first-order valence-corrected chi connectivity index (χ1v) is 9.63. The molecular formula is C18H24N2O3S. The molecule has 1 aromatic carbocycles. The largest absolute Gasteiger partial charge is 0.447 e. The highest BCUT2D eigenvalue weighted by molar-refractivity contribution is 7.88. The topological polar surface area (TPSA) is 53.8 Å². The lowest BCUT2D eigenvalue weighted by atomic mass is 9.87. The Bertz CT molecular complexity index is 811. The molecule has 0 N–H and O–H groups in total. The zero-order valence-corrected chi connectivity index (χ0v) is 15.2. The number of sulfonamides is 1. The molecule has 3 rings (SSSR count). The van der Waals surface area contributed by atoms with E-state index in [1.54, 1.807) is 6.07 Å². The molecule has 0 unspecified atom stereocenters. The van der Waals surface area contributed by atoms with Gasteiger partial charge in [-0.15, -0.1) is 0 Å². The Morgan fingerprint density at radius 3 is 2.62 bits per heavy atom. The molecule has 1 aliphatic carbocycles. The van der Waals surface area contributed by atoms with Crippen LogP contribution in [-0.2, 0) is 23.0 Å². The fourth-order valence-electron chi connectivity index (χ4n) is 3.30. The van der Waals surface area contributed by atoms with Crippen molar-refractivity contribution in [1.82, 2.24) is 9.21 Å². The van der Waals surface area contributed by atoms with Crippen molar-refractivity contribution in [3.63, 3.8) is 0 Å². The van der Waals surface area contributed by atoms with Crippen molar-refractivity contribution in [2.75, 3.05) is 21.1 Å². The Morgan fingerprint density at radius 1 is 1.12 bits per heavy atom. The smallest absolute Gasteiger partial charge is 0.275 e. The number of rotatable bonds is 5. The van der Waals surface area contributed by atoms with Gasteiger partial charge in [0.25, 0.3) is 10.0 Å². The predicted octanol–water partition coefficient (Wildman–Crippen LogP) is 3.04. The summed E-state index contributed by atoms with van der Waals surface area (Å²) in [6.07, 6.45) is 3.41. The van der Waals surface area contributed by atoms with Crippen LogP contribution in [0, 0.1) is 0 Å². The van der Waals surface area contributed by atoms with Gasteiger partial charge in [-0.2, -0.15) is 0 Å². The SMILES string of the molecule is CN(Cc1ccc(S(=O)(=O)N(C)C)o1)[C@H]1CCCc2ccccc21. The maximum Gasteiger partial charge on any atom is 0.275 e. The van der Waals surface area contributed by atoms with Gasteiger partial charge in [-0.25, -0.2) is 12.7 Å². The van der Waals surface area contributed by atoms with Gasteiger partial charge in [0.05, 0.1) is 6.54 Å². The van der Waals surface area contributed by atoms with Crippen LogP contribution in [0.25, 0.3) is 0 Å². The number of aryl methyl sites for hydroxylation is 1. The van der Waals surface area contributed by atoms with Gasteiger partial charge in [0.15, 0.2) is 0 Å². The number of hydrogen-bond acceptors (Lipinski definition) is 4. The molecule has 130 valence electrons. The zero-order chi connectivity index (χ0) is 17.3. The van der Waals surface area contributed by atoms with Crippen molar-refractivity contribution >= 4 is 10.0 Å². The fraction of sp³-hybridized carbons (Fsp3) is 0.444.